The average Bonchev–Trinajstić information content (AvgIpc) is 3.28. The van der Waals surface area contributed by atoms with Crippen molar-refractivity contribution in [3.63, 3.8) is 0 Å². The van der Waals surface area contributed by atoms with Crippen molar-refractivity contribution >= 4 is 26.4 Å². The van der Waals surface area contributed by atoms with Crippen molar-refractivity contribution in [2.75, 3.05) is 24.2 Å². The predicted octanol–water partition coefficient (Wildman–Crippen LogP) is 3.46. The zero-order valence-corrected chi connectivity index (χ0v) is 17.4. The van der Waals surface area contributed by atoms with E-state index in [1.54, 1.807) is 6.07 Å². The molecule has 1 N–H and O–H groups in total. The number of hydrogen-bond acceptors (Lipinski definition) is 4. The molecule has 2 aliphatic rings. The number of H-pyrrole nitrogens is 1. The number of aromatic amines is 1. The van der Waals surface area contributed by atoms with Gasteiger partial charge in [0.2, 0.25) is 0 Å². The fourth-order valence-corrected chi connectivity index (χ4v) is 5.31. The lowest BCUT2D eigenvalue weighted by molar-refractivity contribution is 0.384. The SMILES string of the molecule is [2H]C([2H])([2H])n1cc(-c2cc(S(C)(=O)=O)c(F)cc2N2CCC3(CC2)CC3)c2cc[nH]c2c1=O. The third-order valence-corrected chi connectivity index (χ3v) is 7.70. The number of nitrogens with one attached hydrogen (secondary N) is 1. The maximum absolute atomic E-state index is 15.0. The van der Waals surface area contributed by atoms with Crippen LogP contribution in [0.3, 0.4) is 0 Å². The van der Waals surface area contributed by atoms with Crippen molar-refractivity contribution in [2.24, 2.45) is 12.4 Å². The number of sulfone groups is 1. The third-order valence-electron chi connectivity index (χ3n) is 6.59. The molecule has 158 valence electrons. The summed E-state index contributed by atoms with van der Waals surface area (Å²) in [5.41, 5.74) is 0.993. The molecule has 0 unspecified atom stereocenters. The minimum Gasteiger partial charge on any atom is -0.371 e. The molecule has 2 fully saturated rings. The zero-order valence-electron chi connectivity index (χ0n) is 19.5. The number of nitrogens with zero attached hydrogens (tertiary/aromatic N) is 2. The number of aromatic nitrogens is 2. The van der Waals surface area contributed by atoms with Gasteiger partial charge in [0.25, 0.3) is 5.56 Å². The van der Waals surface area contributed by atoms with Gasteiger partial charge in [-0.1, -0.05) is 0 Å². The highest BCUT2D eigenvalue weighted by Gasteiger charge is 2.44. The van der Waals surface area contributed by atoms with Gasteiger partial charge in [0.15, 0.2) is 9.84 Å². The van der Waals surface area contributed by atoms with Crippen molar-refractivity contribution in [1.82, 2.24) is 9.55 Å². The highest BCUT2D eigenvalue weighted by atomic mass is 32.2. The molecule has 1 saturated carbocycles. The van der Waals surface area contributed by atoms with Gasteiger partial charge >= 0.3 is 0 Å². The number of aryl methyl sites for hydroxylation is 1. The van der Waals surface area contributed by atoms with Crippen LogP contribution in [0.2, 0.25) is 0 Å². The monoisotopic (exact) mass is 432 g/mol. The summed E-state index contributed by atoms with van der Waals surface area (Å²) in [7, 11) is -3.89. The standard InChI is InChI=1S/C22H24FN3O3S/c1-25-13-16(14-3-8-24-20(14)21(25)27)15-11-19(30(2,28)29)17(23)12-18(15)26-9-6-22(4-5-22)7-10-26/h3,8,11-13,24H,4-7,9-10H2,1-2H3/i1D3. The molecule has 1 aliphatic heterocycles. The van der Waals surface area contributed by atoms with E-state index in [9.17, 15) is 17.6 Å². The molecule has 8 heteroatoms. The molecule has 6 nitrogen and oxygen atoms in total. The summed E-state index contributed by atoms with van der Waals surface area (Å²) in [4.78, 5) is 17.1. The Morgan fingerprint density at radius 1 is 1.17 bits per heavy atom. The van der Waals surface area contributed by atoms with Crippen LogP contribution in [-0.4, -0.2) is 37.3 Å². The molecular formula is C22H24FN3O3S. The Bertz CT molecular complexity index is 1430. The van der Waals surface area contributed by atoms with Gasteiger partial charge in [-0.3, -0.25) is 4.79 Å². The van der Waals surface area contributed by atoms with E-state index in [2.05, 4.69) is 4.98 Å². The first-order valence-corrected chi connectivity index (χ1v) is 11.8. The quantitative estimate of drug-likeness (QED) is 0.688. The molecule has 0 atom stereocenters. The number of benzene rings is 1. The topological polar surface area (TPSA) is 75.2 Å². The van der Waals surface area contributed by atoms with Gasteiger partial charge in [-0.25, -0.2) is 12.8 Å². The van der Waals surface area contributed by atoms with Crippen LogP contribution in [0.5, 0.6) is 0 Å². The number of halogens is 1. The Labute approximate surface area is 178 Å². The Morgan fingerprint density at radius 3 is 2.53 bits per heavy atom. The van der Waals surface area contributed by atoms with Crippen LogP contribution < -0.4 is 10.5 Å². The van der Waals surface area contributed by atoms with Crippen LogP contribution in [0.15, 0.2) is 40.3 Å². The van der Waals surface area contributed by atoms with E-state index in [1.165, 1.54) is 37.4 Å². The van der Waals surface area contributed by atoms with Crippen LogP contribution in [0.25, 0.3) is 22.0 Å². The Balaban J connectivity index is 1.78. The molecule has 5 rings (SSSR count). The van der Waals surface area contributed by atoms with Gasteiger partial charge in [-0.2, -0.15) is 0 Å². The normalized spacial score (nSPS) is 20.2. The van der Waals surface area contributed by atoms with Crippen LogP contribution in [0, 0.1) is 11.2 Å². The second kappa shape index (κ2) is 6.44. The van der Waals surface area contributed by atoms with Crippen molar-refractivity contribution in [1.29, 1.82) is 0 Å². The lowest BCUT2D eigenvalue weighted by Gasteiger charge is -2.35. The number of rotatable bonds is 3. The van der Waals surface area contributed by atoms with Gasteiger partial charge in [-0.15, -0.1) is 0 Å². The zero-order chi connectivity index (χ0) is 23.8. The second-order valence-electron chi connectivity index (χ2n) is 8.54. The highest BCUT2D eigenvalue weighted by molar-refractivity contribution is 7.90. The number of hydrogen-bond donors (Lipinski definition) is 1. The summed E-state index contributed by atoms with van der Waals surface area (Å²) in [6.45, 7) is -1.35. The molecule has 1 aromatic carbocycles. The minimum atomic E-state index is -3.89. The first-order chi connectivity index (χ1) is 15.4. The summed E-state index contributed by atoms with van der Waals surface area (Å²) in [5, 5.41) is 0.448. The van der Waals surface area contributed by atoms with Crippen LogP contribution in [0.1, 0.15) is 29.8 Å². The minimum absolute atomic E-state index is 0.0929. The number of pyridine rings is 1. The van der Waals surface area contributed by atoms with Gasteiger partial charge in [-0.05, 0) is 49.3 Å². The average molecular weight is 433 g/mol. The van der Waals surface area contributed by atoms with Crippen molar-refractivity contribution in [2.45, 2.75) is 30.6 Å². The van der Waals surface area contributed by atoms with E-state index in [1.807, 2.05) is 4.90 Å². The molecule has 1 aliphatic carbocycles. The van der Waals surface area contributed by atoms with Crippen molar-refractivity contribution in [3.8, 4) is 11.1 Å². The van der Waals surface area contributed by atoms with E-state index in [0.717, 1.165) is 19.1 Å². The van der Waals surface area contributed by atoms with Crippen molar-refractivity contribution < 1.29 is 16.9 Å². The van der Waals surface area contributed by atoms with E-state index in [0.29, 0.717) is 45.3 Å². The Kier molecular flexibility index (Phi) is 3.46. The molecule has 0 amide bonds. The largest absolute Gasteiger partial charge is 0.371 e. The number of anilines is 1. The first kappa shape index (κ1) is 16.1. The second-order valence-corrected chi connectivity index (χ2v) is 10.5. The van der Waals surface area contributed by atoms with Crippen LogP contribution >= 0.6 is 0 Å². The van der Waals surface area contributed by atoms with E-state index in [-0.39, 0.29) is 5.52 Å². The molecule has 0 radical (unpaired) electrons. The maximum atomic E-state index is 15.0. The smallest absolute Gasteiger partial charge is 0.274 e. The first-order valence-electron chi connectivity index (χ1n) is 11.4. The summed E-state index contributed by atoms with van der Waals surface area (Å²) in [6, 6.07) is 4.12. The highest BCUT2D eigenvalue weighted by Crippen LogP contribution is 2.54. The fourth-order valence-electron chi connectivity index (χ4n) is 4.57. The molecule has 1 spiro atoms. The van der Waals surface area contributed by atoms with E-state index < -0.39 is 33.1 Å². The Morgan fingerprint density at radius 2 is 1.90 bits per heavy atom. The predicted molar refractivity (Wildman–Crippen MR) is 115 cm³/mol. The molecule has 30 heavy (non-hydrogen) atoms. The molecule has 0 bridgehead atoms. The lowest BCUT2D eigenvalue weighted by atomic mass is 9.92. The van der Waals surface area contributed by atoms with Crippen molar-refractivity contribution in [3.05, 3.63) is 46.8 Å². The van der Waals surface area contributed by atoms with Gasteiger partial charge < -0.3 is 14.5 Å². The fraction of sp³-hybridized carbons (Fsp3) is 0.409. The molecule has 3 aromatic rings. The van der Waals surface area contributed by atoms with E-state index in [4.69, 9.17) is 4.11 Å². The summed E-state index contributed by atoms with van der Waals surface area (Å²) in [6.07, 6.45) is 8.01. The van der Waals surface area contributed by atoms with Crippen LogP contribution in [-0.2, 0) is 16.8 Å². The number of fused-ring (bicyclic) bond motifs is 1. The molecule has 2 aromatic heterocycles. The van der Waals surface area contributed by atoms with Gasteiger partial charge in [0.1, 0.15) is 16.2 Å². The van der Waals surface area contributed by atoms with Crippen LogP contribution in [0.4, 0.5) is 10.1 Å². The van der Waals surface area contributed by atoms with Gasteiger partial charge in [0.05, 0.1) is 0 Å². The molecule has 3 heterocycles. The maximum Gasteiger partial charge on any atom is 0.274 e. The van der Waals surface area contributed by atoms with E-state index >= 15 is 0 Å². The summed E-state index contributed by atoms with van der Waals surface area (Å²) in [5.74, 6) is -0.850. The number of piperidine rings is 1. The Hall–Kier alpha value is -2.61. The molecule has 1 saturated heterocycles. The lowest BCUT2D eigenvalue weighted by Crippen LogP contribution is -2.35. The summed E-state index contributed by atoms with van der Waals surface area (Å²) < 4.78 is 63.6. The molecular weight excluding hydrogens is 405 g/mol. The summed E-state index contributed by atoms with van der Waals surface area (Å²) >= 11 is 0. The van der Waals surface area contributed by atoms with Gasteiger partial charge in [0, 0.05) is 65.0 Å². The third kappa shape index (κ3) is 3.05.